The molecule has 3 atom stereocenters. The molecule has 7 aromatic rings. The van der Waals surface area contributed by atoms with E-state index in [1.54, 1.807) is 45.5 Å². The van der Waals surface area contributed by atoms with E-state index >= 15 is 4.39 Å². The average Bonchev–Trinajstić information content (AvgIpc) is 1.51. The van der Waals surface area contributed by atoms with Crippen LogP contribution in [0.3, 0.4) is 0 Å². The van der Waals surface area contributed by atoms with Crippen molar-refractivity contribution in [2.45, 2.75) is 142 Å². The van der Waals surface area contributed by atoms with E-state index in [9.17, 15) is 43.4 Å². The van der Waals surface area contributed by atoms with Crippen LogP contribution in [0.4, 0.5) is 19.0 Å². The van der Waals surface area contributed by atoms with Crippen LogP contribution in [0.5, 0.6) is 11.5 Å². The Hall–Kier alpha value is -8.37. The predicted octanol–water partition coefficient (Wildman–Crippen LogP) is 10.7. The monoisotopic (exact) mass is 1310 g/mol. The standard InChI is InChI=1S/C68H75F2N9O10S3/c1-41-58(90-40-72-41)44-26-27-45(37-71-61(83)51-36-46(80)38-79(51)62(84)59(67(2,3)4)75-64(87)68(70)29-30-68)52(35-44)88-33-12-8-6-7-9-25-55(81)77(5)31-15-19-43-18-14-21-49(69)57(43)89-34-16-24-54-56(63(85)86)74-66(92-54)78-32-28-42-17-13-20-47(48(42)39-78)60(82)76-65-73-50-22-10-11-23-53(50)91-65/h10-11,13-14,17-18,20-23,26-27,35,40,46,51,59,80H,6-9,12,16,24-25,28-34,36-39H2,1-5H3,(H,71,83)(H,75,87)(H,85,86)(H,73,76,82)/t46-,51+,59-/m1/s1. The molecule has 2 aliphatic heterocycles. The lowest BCUT2D eigenvalue weighted by atomic mass is 9.85. The van der Waals surface area contributed by atoms with E-state index in [1.165, 1.54) is 55.9 Å². The summed E-state index contributed by atoms with van der Waals surface area (Å²) in [6, 6.07) is 21.4. The van der Waals surface area contributed by atoms with Gasteiger partial charge in [-0.3, -0.25) is 29.3 Å². The molecule has 1 saturated heterocycles. The van der Waals surface area contributed by atoms with Gasteiger partial charge in [0.25, 0.3) is 11.8 Å². The molecular weight excluding hydrogens is 1240 g/mol. The summed E-state index contributed by atoms with van der Waals surface area (Å²) >= 11 is 4.18. The molecule has 3 aliphatic rings. The number of hydrogen-bond donors (Lipinski definition) is 5. The number of likely N-dealkylation sites (tertiary alicyclic amines) is 1. The number of hydrogen-bond acceptors (Lipinski definition) is 16. The quantitative estimate of drug-likeness (QED) is 0.0250. The number of carboxylic acid groups (broad SMARTS) is 1. The second-order valence-electron chi connectivity index (χ2n) is 24.6. The van der Waals surface area contributed by atoms with Crippen LogP contribution in [0.15, 0.2) is 84.4 Å². The second-order valence-corrected chi connectivity index (χ2v) is 27.5. The lowest BCUT2D eigenvalue weighted by molar-refractivity contribution is -0.145. The first-order chi connectivity index (χ1) is 44.1. The first kappa shape index (κ1) is 66.5. The molecular formula is C68H75F2N9O10S3. The Labute approximate surface area is 545 Å². The number of amides is 5. The Morgan fingerprint density at radius 1 is 0.924 bits per heavy atom. The average molecular weight is 1310 g/mol. The van der Waals surface area contributed by atoms with Gasteiger partial charge in [-0.2, -0.15) is 0 Å². The number of carbonyl (C=O) groups excluding carboxylic acids is 5. The van der Waals surface area contributed by atoms with Crippen LogP contribution >= 0.6 is 34.0 Å². The van der Waals surface area contributed by atoms with Crippen molar-refractivity contribution in [2.75, 3.05) is 50.1 Å². The van der Waals surface area contributed by atoms with Crippen molar-refractivity contribution < 1.29 is 57.2 Å². The number of unbranched alkanes of at least 4 members (excludes halogenated alkanes) is 4. The summed E-state index contributed by atoms with van der Waals surface area (Å²) in [5.74, 6) is 2.48. The summed E-state index contributed by atoms with van der Waals surface area (Å²) in [7, 11) is 1.67. The Kier molecular flexibility index (Phi) is 21.3. The van der Waals surface area contributed by atoms with Crippen molar-refractivity contribution in [1.29, 1.82) is 0 Å². The van der Waals surface area contributed by atoms with Gasteiger partial charge >= 0.3 is 5.97 Å². The highest BCUT2D eigenvalue weighted by Crippen LogP contribution is 2.41. The molecule has 10 rings (SSSR count). The smallest absolute Gasteiger partial charge is 0.355 e. The second kappa shape index (κ2) is 29.5. The molecule has 5 heterocycles. The molecule has 92 heavy (non-hydrogen) atoms. The molecule has 3 aromatic heterocycles. The van der Waals surface area contributed by atoms with E-state index in [0.29, 0.717) is 89.4 Å². The van der Waals surface area contributed by atoms with Gasteiger partial charge in [-0.1, -0.05) is 106 Å². The Bertz CT molecular complexity index is 3910. The number of para-hydroxylation sites is 2. The maximum atomic E-state index is 15.3. The Morgan fingerprint density at radius 3 is 2.46 bits per heavy atom. The number of nitrogens with one attached hydrogen (secondary N) is 3. The van der Waals surface area contributed by atoms with E-state index in [0.717, 1.165) is 63.2 Å². The molecule has 0 bridgehead atoms. The van der Waals surface area contributed by atoms with Crippen LogP contribution in [0.25, 0.3) is 20.7 Å². The van der Waals surface area contributed by atoms with E-state index in [1.807, 2.05) is 66.4 Å². The van der Waals surface area contributed by atoms with Gasteiger partial charge in [0, 0.05) is 62.1 Å². The number of β-amino-alcohol motifs (C(OH)–C–C–N with tert-alkyl or cyclic N) is 1. The van der Waals surface area contributed by atoms with E-state index in [-0.39, 0.29) is 68.8 Å². The number of aromatic nitrogens is 3. The summed E-state index contributed by atoms with van der Waals surface area (Å²) < 4.78 is 43.3. The molecule has 5 N–H and O–H groups in total. The molecule has 0 radical (unpaired) electrons. The maximum Gasteiger partial charge on any atom is 0.355 e. The number of halogens is 2. The van der Waals surface area contributed by atoms with Gasteiger partial charge in [0.1, 0.15) is 17.8 Å². The number of benzene rings is 4. The fourth-order valence-electron chi connectivity index (χ4n) is 11.2. The number of thiazole rings is 3. The van der Waals surface area contributed by atoms with Crippen molar-refractivity contribution >= 4 is 90.0 Å². The number of nitrogens with zero attached hydrogens (tertiary/aromatic N) is 6. The van der Waals surface area contributed by atoms with Gasteiger partial charge in [-0.05, 0) is 110 Å². The van der Waals surface area contributed by atoms with Crippen LogP contribution in [-0.4, -0.2) is 134 Å². The number of anilines is 2. The van der Waals surface area contributed by atoms with Crippen LogP contribution in [-0.2, 0) is 45.1 Å². The van der Waals surface area contributed by atoms with Gasteiger partial charge < -0.3 is 45.0 Å². The van der Waals surface area contributed by atoms with Gasteiger partial charge in [0.2, 0.25) is 17.7 Å². The lowest BCUT2D eigenvalue weighted by Crippen LogP contribution is -2.59. The molecule has 19 nitrogen and oxygen atoms in total. The summed E-state index contributed by atoms with van der Waals surface area (Å²) in [6.07, 6.45) is 4.74. The molecule has 0 unspecified atom stereocenters. The molecule has 484 valence electrons. The van der Waals surface area contributed by atoms with Crippen LogP contribution in [0.2, 0.25) is 0 Å². The van der Waals surface area contributed by atoms with Crippen molar-refractivity contribution in [3.63, 3.8) is 0 Å². The highest BCUT2D eigenvalue weighted by Gasteiger charge is 2.53. The summed E-state index contributed by atoms with van der Waals surface area (Å²) in [5, 5.41) is 30.4. The maximum absolute atomic E-state index is 15.3. The molecule has 4 aromatic carbocycles. The van der Waals surface area contributed by atoms with Gasteiger partial charge in [0.15, 0.2) is 33.2 Å². The number of ether oxygens (including phenoxy) is 2. The number of aliphatic hydroxyl groups is 1. The number of carbonyl (C=O) groups is 6. The van der Waals surface area contributed by atoms with Crippen molar-refractivity contribution in [3.05, 3.63) is 134 Å². The number of fused-ring (bicyclic) bond motifs is 2. The number of aromatic carboxylic acids is 1. The van der Waals surface area contributed by atoms with E-state index in [2.05, 4.69) is 42.7 Å². The number of aliphatic hydroxyl groups excluding tert-OH is 1. The number of carboxylic acids is 1. The fourth-order valence-corrected chi connectivity index (χ4v) is 14.0. The van der Waals surface area contributed by atoms with E-state index in [4.69, 9.17) is 9.47 Å². The van der Waals surface area contributed by atoms with Crippen molar-refractivity contribution in [3.8, 4) is 33.8 Å². The largest absolute Gasteiger partial charge is 0.493 e. The molecule has 5 amide bonds. The third-order valence-electron chi connectivity index (χ3n) is 16.6. The van der Waals surface area contributed by atoms with Crippen LogP contribution in [0.1, 0.15) is 139 Å². The third-order valence-corrected chi connectivity index (χ3v) is 19.7. The van der Waals surface area contributed by atoms with Gasteiger partial charge in [0.05, 0.1) is 57.7 Å². The fraction of sp³-hybridized carbons (Fsp3) is 0.426. The van der Waals surface area contributed by atoms with Crippen molar-refractivity contribution in [1.82, 2.24) is 35.4 Å². The molecule has 1 aliphatic carbocycles. The number of alkyl halides is 1. The minimum absolute atomic E-state index is 0.000255. The predicted molar refractivity (Wildman–Crippen MR) is 350 cm³/mol. The third kappa shape index (κ3) is 16.3. The zero-order chi connectivity index (χ0) is 65.3. The highest BCUT2D eigenvalue weighted by atomic mass is 32.1. The molecule has 24 heteroatoms. The van der Waals surface area contributed by atoms with Gasteiger partial charge in [-0.15, -0.1) is 22.7 Å². The van der Waals surface area contributed by atoms with Crippen LogP contribution in [0, 0.1) is 30.0 Å². The molecule has 2 fully saturated rings. The first-order valence-electron chi connectivity index (χ1n) is 31.0. The number of aryl methyl sites for hydroxylation is 2. The van der Waals surface area contributed by atoms with Crippen LogP contribution < -0.4 is 30.3 Å². The highest BCUT2D eigenvalue weighted by molar-refractivity contribution is 7.22. The first-order valence-corrected chi connectivity index (χ1v) is 33.5. The SMILES string of the molecule is Cc1ncsc1-c1ccc(CNC(=O)[C@@H]2C[C@@H](O)CN2C(=O)[C@@H](NC(=O)C2(F)CC2)C(C)(C)C)c(OCCCCCCCC(=O)N(C)CC#Cc2cccc(F)c2OCCCc2sc(N3CCc4cccc(C(=O)Nc5nc6ccccc6s5)c4C3)nc2C(=O)O)c1. The summed E-state index contributed by atoms with van der Waals surface area (Å²) in [4.78, 5) is 99.7. The normalized spacial score (nSPS) is 16.0. The summed E-state index contributed by atoms with van der Waals surface area (Å²) in [5.41, 5.74) is 4.90. The van der Waals surface area contributed by atoms with Crippen molar-refractivity contribution in [2.24, 2.45) is 5.41 Å². The zero-order valence-corrected chi connectivity index (χ0v) is 54.5. The lowest BCUT2D eigenvalue weighted by Gasteiger charge is -2.35. The number of rotatable bonds is 26. The van der Waals surface area contributed by atoms with Gasteiger partial charge in [-0.25, -0.2) is 28.5 Å². The Morgan fingerprint density at radius 2 is 1.70 bits per heavy atom. The Balaban J connectivity index is 0.656. The minimum Gasteiger partial charge on any atom is -0.493 e. The van der Waals surface area contributed by atoms with E-state index < -0.39 is 58.8 Å². The topological polar surface area (TPSA) is 246 Å². The molecule has 0 spiro atoms. The summed E-state index contributed by atoms with van der Waals surface area (Å²) in [6.45, 7) is 8.64. The zero-order valence-electron chi connectivity index (χ0n) is 52.1. The minimum atomic E-state index is -2.00. The molecule has 1 saturated carbocycles.